The summed E-state index contributed by atoms with van der Waals surface area (Å²) in [5.41, 5.74) is 1.90. The molecule has 2 N–H and O–H groups in total. The van der Waals surface area contributed by atoms with Gasteiger partial charge in [-0.25, -0.2) is 4.98 Å². The van der Waals surface area contributed by atoms with Gasteiger partial charge in [-0.3, -0.25) is 4.79 Å². The molecule has 1 aromatic heterocycles. The monoisotopic (exact) mass is 244 g/mol. The number of H-pyrrole nitrogens is 1. The van der Waals surface area contributed by atoms with Crippen molar-refractivity contribution in [2.45, 2.75) is 25.7 Å². The molecule has 3 atom stereocenters. The molecule has 3 rings (SSSR count). The number of imidazole rings is 1. The van der Waals surface area contributed by atoms with Crippen molar-refractivity contribution in [3.05, 3.63) is 30.1 Å². The van der Waals surface area contributed by atoms with E-state index in [-0.39, 0.29) is 11.8 Å². The fourth-order valence-electron chi connectivity index (χ4n) is 3.02. The van der Waals surface area contributed by atoms with Crippen molar-refractivity contribution in [1.29, 1.82) is 0 Å². The fraction of sp³-hybridized carbons (Fsp3) is 0.429. The second-order valence-electron chi connectivity index (χ2n) is 5.27. The van der Waals surface area contributed by atoms with E-state index >= 15 is 0 Å². The van der Waals surface area contributed by atoms with Gasteiger partial charge in [-0.15, -0.1) is 0 Å². The van der Waals surface area contributed by atoms with Gasteiger partial charge in [-0.2, -0.15) is 0 Å². The summed E-state index contributed by atoms with van der Waals surface area (Å²) in [6, 6.07) is 7.82. The van der Waals surface area contributed by atoms with E-state index in [0.717, 1.165) is 29.7 Å². The third kappa shape index (κ3) is 1.78. The van der Waals surface area contributed by atoms with Crippen LogP contribution in [0.15, 0.2) is 24.3 Å². The van der Waals surface area contributed by atoms with Crippen molar-refractivity contribution in [2.75, 3.05) is 0 Å². The highest BCUT2D eigenvalue weighted by atomic mass is 16.4. The average molecular weight is 244 g/mol. The molecule has 1 fully saturated rings. The van der Waals surface area contributed by atoms with E-state index in [1.54, 1.807) is 0 Å². The molecule has 0 aliphatic heterocycles. The second-order valence-corrected chi connectivity index (χ2v) is 5.27. The van der Waals surface area contributed by atoms with Gasteiger partial charge in [0.05, 0.1) is 17.0 Å². The quantitative estimate of drug-likeness (QED) is 0.853. The Balaban J connectivity index is 2.00. The van der Waals surface area contributed by atoms with Crippen LogP contribution >= 0.6 is 0 Å². The highest BCUT2D eigenvalue weighted by molar-refractivity contribution is 5.76. The molecular formula is C14H16N2O2. The van der Waals surface area contributed by atoms with Gasteiger partial charge in [0.2, 0.25) is 0 Å². The van der Waals surface area contributed by atoms with Gasteiger partial charge in [-0.1, -0.05) is 19.1 Å². The topological polar surface area (TPSA) is 66.0 Å². The van der Waals surface area contributed by atoms with Crippen molar-refractivity contribution < 1.29 is 9.90 Å². The number of fused-ring (bicyclic) bond motifs is 1. The van der Waals surface area contributed by atoms with Crippen LogP contribution < -0.4 is 0 Å². The van der Waals surface area contributed by atoms with Crippen LogP contribution in [0.25, 0.3) is 11.0 Å². The summed E-state index contributed by atoms with van der Waals surface area (Å²) in [5, 5.41) is 9.30. The number of benzene rings is 1. The van der Waals surface area contributed by atoms with E-state index < -0.39 is 5.97 Å². The molecule has 1 saturated carbocycles. The van der Waals surface area contributed by atoms with Gasteiger partial charge in [-0.05, 0) is 30.9 Å². The third-order valence-corrected chi connectivity index (χ3v) is 3.87. The smallest absolute Gasteiger partial charge is 0.307 e. The number of carboxylic acid groups (broad SMARTS) is 1. The number of hydrogen-bond acceptors (Lipinski definition) is 2. The highest BCUT2D eigenvalue weighted by Gasteiger charge is 2.39. The second kappa shape index (κ2) is 4.12. The Morgan fingerprint density at radius 3 is 2.89 bits per heavy atom. The molecule has 0 amide bonds. The predicted octanol–water partition coefficient (Wildman–Crippen LogP) is 2.78. The third-order valence-electron chi connectivity index (χ3n) is 3.87. The van der Waals surface area contributed by atoms with Gasteiger partial charge < -0.3 is 10.1 Å². The first-order chi connectivity index (χ1) is 8.65. The summed E-state index contributed by atoms with van der Waals surface area (Å²) in [6.07, 6.45) is 1.65. The molecule has 18 heavy (non-hydrogen) atoms. The molecule has 94 valence electrons. The number of carboxylic acids is 1. The molecule has 1 aliphatic rings. The highest BCUT2D eigenvalue weighted by Crippen LogP contribution is 2.42. The number of nitrogens with zero attached hydrogens (tertiary/aromatic N) is 1. The molecule has 1 aromatic carbocycles. The van der Waals surface area contributed by atoms with Crippen LogP contribution in [0.4, 0.5) is 0 Å². The molecule has 0 spiro atoms. The van der Waals surface area contributed by atoms with Crippen molar-refractivity contribution in [3.63, 3.8) is 0 Å². The Morgan fingerprint density at radius 1 is 1.39 bits per heavy atom. The van der Waals surface area contributed by atoms with Crippen LogP contribution in [0.5, 0.6) is 0 Å². The van der Waals surface area contributed by atoms with Gasteiger partial charge in [0.1, 0.15) is 5.82 Å². The zero-order valence-electron chi connectivity index (χ0n) is 10.3. The minimum Gasteiger partial charge on any atom is -0.481 e. The zero-order valence-corrected chi connectivity index (χ0v) is 10.3. The van der Waals surface area contributed by atoms with Crippen LogP contribution in [-0.4, -0.2) is 21.0 Å². The SMILES string of the molecule is CC1CC(C(=O)O)C(c2nc3ccccc3[nH]2)C1. The first kappa shape index (κ1) is 11.3. The largest absolute Gasteiger partial charge is 0.481 e. The van der Waals surface area contributed by atoms with E-state index in [1.807, 2.05) is 24.3 Å². The minimum atomic E-state index is -0.704. The maximum atomic E-state index is 11.3. The first-order valence-electron chi connectivity index (χ1n) is 6.32. The number of rotatable bonds is 2. The van der Waals surface area contributed by atoms with Crippen molar-refractivity contribution >= 4 is 17.0 Å². The van der Waals surface area contributed by atoms with Crippen molar-refractivity contribution in [1.82, 2.24) is 9.97 Å². The number of aromatic nitrogens is 2. The molecule has 0 bridgehead atoms. The Bertz CT molecular complexity index is 557. The van der Waals surface area contributed by atoms with E-state index in [4.69, 9.17) is 0 Å². The number of para-hydroxylation sites is 2. The van der Waals surface area contributed by atoms with Gasteiger partial charge in [0.25, 0.3) is 0 Å². The summed E-state index contributed by atoms with van der Waals surface area (Å²) in [5.74, 6) is 0.285. The van der Waals surface area contributed by atoms with Crippen LogP contribution in [0.2, 0.25) is 0 Å². The summed E-state index contributed by atoms with van der Waals surface area (Å²) in [7, 11) is 0. The van der Waals surface area contributed by atoms with Gasteiger partial charge in [0.15, 0.2) is 0 Å². The Hall–Kier alpha value is -1.84. The molecule has 4 heteroatoms. The zero-order chi connectivity index (χ0) is 12.7. The molecule has 2 aromatic rings. The maximum absolute atomic E-state index is 11.3. The maximum Gasteiger partial charge on any atom is 0.307 e. The number of aromatic amines is 1. The molecule has 0 saturated heterocycles. The summed E-state index contributed by atoms with van der Waals surface area (Å²) in [6.45, 7) is 2.11. The lowest BCUT2D eigenvalue weighted by Gasteiger charge is -2.12. The number of aliphatic carboxylic acids is 1. The van der Waals surface area contributed by atoms with Crippen molar-refractivity contribution in [2.24, 2.45) is 11.8 Å². The summed E-state index contributed by atoms with van der Waals surface area (Å²) < 4.78 is 0. The number of hydrogen-bond donors (Lipinski definition) is 2. The summed E-state index contributed by atoms with van der Waals surface area (Å²) >= 11 is 0. The number of carbonyl (C=O) groups is 1. The van der Waals surface area contributed by atoms with E-state index in [9.17, 15) is 9.90 Å². The lowest BCUT2D eigenvalue weighted by Crippen LogP contribution is -2.17. The van der Waals surface area contributed by atoms with Crippen LogP contribution in [0.3, 0.4) is 0 Å². The van der Waals surface area contributed by atoms with Crippen LogP contribution in [0, 0.1) is 11.8 Å². The molecule has 0 radical (unpaired) electrons. The minimum absolute atomic E-state index is 0.0184. The number of nitrogens with one attached hydrogen (secondary N) is 1. The normalized spacial score (nSPS) is 27.7. The Labute approximate surface area is 105 Å². The molecule has 3 unspecified atom stereocenters. The van der Waals surface area contributed by atoms with Crippen LogP contribution in [-0.2, 0) is 4.79 Å². The Kier molecular flexibility index (Phi) is 2.58. The van der Waals surface area contributed by atoms with Crippen molar-refractivity contribution in [3.8, 4) is 0 Å². The van der Waals surface area contributed by atoms with Gasteiger partial charge >= 0.3 is 5.97 Å². The predicted molar refractivity (Wildman–Crippen MR) is 68.4 cm³/mol. The standard InChI is InChI=1S/C14H16N2O2/c1-8-6-9(10(7-8)14(17)18)13-15-11-4-2-3-5-12(11)16-13/h2-5,8-10H,6-7H2,1H3,(H,15,16)(H,17,18). The Morgan fingerprint density at radius 2 is 2.17 bits per heavy atom. The van der Waals surface area contributed by atoms with Gasteiger partial charge in [0, 0.05) is 5.92 Å². The molecule has 1 aliphatic carbocycles. The fourth-order valence-corrected chi connectivity index (χ4v) is 3.02. The molecular weight excluding hydrogens is 228 g/mol. The van der Waals surface area contributed by atoms with Crippen LogP contribution in [0.1, 0.15) is 31.5 Å². The lowest BCUT2D eigenvalue weighted by atomic mass is 9.96. The van der Waals surface area contributed by atoms with E-state index in [1.165, 1.54) is 0 Å². The molecule has 4 nitrogen and oxygen atoms in total. The van der Waals surface area contributed by atoms with E-state index in [0.29, 0.717) is 5.92 Å². The van der Waals surface area contributed by atoms with E-state index in [2.05, 4.69) is 16.9 Å². The molecule has 1 heterocycles. The average Bonchev–Trinajstić information content (AvgIpc) is 2.91. The first-order valence-corrected chi connectivity index (χ1v) is 6.32. The lowest BCUT2D eigenvalue weighted by molar-refractivity contribution is -0.142. The summed E-state index contributed by atoms with van der Waals surface area (Å²) in [4.78, 5) is 19.1.